The lowest BCUT2D eigenvalue weighted by Gasteiger charge is -2.27. The summed E-state index contributed by atoms with van der Waals surface area (Å²) in [6.07, 6.45) is 27.4. The van der Waals surface area contributed by atoms with Crippen molar-refractivity contribution in [2.24, 2.45) is 0 Å². The second-order valence-corrected chi connectivity index (χ2v) is 20.7. The number of carbonyl (C=O) groups excluding carboxylic acids is 5. The minimum absolute atomic E-state index is 0.0569. The Morgan fingerprint density at radius 1 is 0.600 bits per heavy atom. The molecule has 0 saturated heterocycles. The number of ether oxygens (including phenoxy) is 3. The Morgan fingerprint density at radius 2 is 1.08 bits per heavy atom. The number of nitrogens with zero attached hydrogens (tertiary/aromatic N) is 2. The molecule has 1 amide bonds. The third-order valence-corrected chi connectivity index (χ3v) is 15.3. The van der Waals surface area contributed by atoms with Gasteiger partial charge in [-0.15, -0.1) is 11.3 Å². The van der Waals surface area contributed by atoms with Crippen molar-refractivity contribution in [1.82, 2.24) is 9.80 Å². The lowest BCUT2D eigenvalue weighted by atomic mass is 10.0. The van der Waals surface area contributed by atoms with Crippen LogP contribution in [0.1, 0.15) is 213 Å². The van der Waals surface area contributed by atoms with Gasteiger partial charge in [0.2, 0.25) is 5.91 Å². The summed E-state index contributed by atoms with van der Waals surface area (Å²) in [5, 5.41) is 0. The van der Waals surface area contributed by atoms with Crippen molar-refractivity contribution in [3.8, 4) is 0 Å². The van der Waals surface area contributed by atoms with Gasteiger partial charge in [0.25, 0.3) is 0 Å². The molecule has 1 aliphatic heterocycles. The average Bonchev–Trinajstić information content (AvgIpc) is 3.61. The average molecular weight is 974 g/mol. The van der Waals surface area contributed by atoms with Crippen LogP contribution < -0.4 is 21.2 Å². The highest BCUT2D eigenvalue weighted by Gasteiger charge is 2.33. The Bertz CT molecular complexity index is 1350. The maximum atomic E-state index is 13.5. The number of carbonyl (C=O) groups is 5. The zero-order valence-corrected chi connectivity index (χ0v) is 41.2. The Kier molecular flexibility index (Phi) is 31.9. The van der Waals surface area contributed by atoms with Crippen LogP contribution in [0.3, 0.4) is 0 Å². The summed E-state index contributed by atoms with van der Waals surface area (Å²) in [4.78, 5) is 70.0. The molecule has 2 rings (SSSR count). The Labute approximate surface area is 378 Å². The van der Waals surface area contributed by atoms with E-state index in [9.17, 15) is 24.0 Å². The summed E-state index contributed by atoms with van der Waals surface area (Å²) in [6, 6.07) is 0. The van der Waals surface area contributed by atoms with Gasteiger partial charge in [0.05, 0.1) is 43.2 Å². The smallest absolute Gasteiger partial charge is 0.363 e. The summed E-state index contributed by atoms with van der Waals surface area (Å²) >= 11 is 0.687. The number of rotatable bonds is 38. The molecule has 0 radical (unpaired) electrons. The Balaban J connectivity index is 1.74. The number of fused-ring (bicyclic) bond motifs is 1. The van der Waals surface area contributed by atoms with Gasteiger partial charge in [-0.3, -0.25) is 14.4 Å². The summed E-state index contributed by atoms with van der Waals surface area (Å²) in [7, 11) is 3.98. The number of esters is 3. The third-order valence-electron chi connectivity index (χ3n) is 11.1. The van der Waals surface area contributed by atoms with Crippen LogP contribution >= 0.6 is 11.3 Å². The van der Waals surface area contributed by atoms with Crippen molar-refractivity contribution in [2.75, 3.05) is 47.0 Å². The normalized spacial score (nSPS) is 12.4. The van der Waals surface area contributed by atoms with Gasteiger partial charge in [-0.2, -0.15) is 0 Å². The molecule has 1 aromatic heterocycles. The minimum atomic E-state index is -0.859. The predicted octanol–water partition coefficient (Wildman–Crippen LogP) is 8.13. The molecule has 1 aliphatic rings. The first-order valence-corrected chi connectivity index (χ1v) is 27.2. The van der Waals surface area contributed by atoms with Crippen LogP contribution in [0.5, 0.6) is 0 Å². The standard InChI is InChI=1S/C48H82IN2O8S/c1-5-7-9-11-13-15-17-19-25-35-57-45(54)30-23-21-28-43(52)49-38-41-47(48(56)59-37-27-33-50(3)4)40-32-34-51(39-42(40)60-41)44(53)29-22-24-31-46(55)58-36-26-20-18-16-14-12-10-8-6-2/h5-39H2,1-4H3/q+1. The van der Waals surface area contributed by atoms with Crippen LogP contribution in [0.2, 0.25) is 0 Å². The van der Waals surface area contributed by atoms with E-state index in [1.807, 2.05) is 19.0 Å². The van der Waals surface area contributed by atoms with Crippen LogP contribution in [-0.2, 0) is 50.8 Å². The maximum Gasteiger partial charge on any atom is 0.363 e. The highest BCUT2D eigenvalue weighted by Crippen LogP contribution is 2.34. The predicted molar refractivity (Wildman–Crippen MR) is 239 cm³/mol. The zero-order chi connectivity index (χ0) is 43.6. The van der Waals surface area contributed by atoms with E-state index in [1.54, 1.807) is 11.3 Å². The molecule has 1 aromatic rings. The van der Waals surface area contributed by atoms with E-state index < -0.39 is 21.2 Å². The van der Waals surface area contributed by atoms with E-state index in [-0.39, 0.29) is 27.6 Å². The van der Waals surface area contributed by atoms with Gasteiger partial charge in [0, 0.05) is 37.2 Å². The van der Waals surface area contributed by atoms with Crippen LogP contribution in [0.4, 0.5) is 0 Å². The van der Waals surface area contributed by atoms with Gasteiger partial charge >= 0.3 is 42.9 Å². The molecule has 0 unspecified atom stereocenters. The molecule has 12 heteroatoms. The number of unbranched alkanes of at least 4 members (excludes halogenated alkanes) is 18. The second-order valence-electron chi connectivity index (χ2n) is 16.8. The summed E-state index contributed by atoms with van der Waals surface area (Å²) in [5.41, 5.74) is 1.57. The molecular formula is C48H82IN2O8S+. The molecule has 0 aromatic carbocycles. The fourth-order valence-electron chi connectivity index (χ4n) is 7.40. The molecule has 0 spiro atoms. The number of amides is 1. The fourth-order valence-corrected chi connectivity index (χ4v) is 11.4. The topological polar surface area (TPSA) is 120 Å². The van der Waals surface area contributed by atoms with Crippen LogP contribution in [0.25, 0.3) is 0 Å². The molecule has 2 heterocycles. The fraction of sp³-hybridized carbons (Fsp3) is 0.812. The van der Waals surface area contributed by atoms with Gasteiger partial charge in [-0.1, -0.05) is 117 Å². The van der Waals surface area contributed by atoms with E-state index in [1.165, 1.54) is 89.9 Å². The molecule has 0 aliphatic carbocycles. The molecule has 60 heavy (non-hydrogen) atoms. The first-order chi connectivity index (χ1) is 29.2. The largest absolute Gasteiger partial charge is 0.466 e. The molecule has 0 saturated carbocycles. The Hall–Kier alpha value is -2.06. The maximum absolute atomic E-state index is 13.5. The first-order valence-electron chi connectivity index (χ1n) is 23.8. The van der Waals surface area contributed by atoms with E-state index in [4.69, 9.17) is 14.2 Å². The molecule has 10 nitrogen and oxygen atoms in total. The number of halogens is 1. The van der Waals surface area contributed by atoms with Crippen molar-refractivity contribution >= 4 is 38.9 Å². The van der Waals surface area contributed by atoms with E-state index in [0.717, 1.165) is 54.0 Å². The molecule has 0 bridgehead atoms. The lowest BCUT2D eigenvalue weighted by molar-refractivity contribution is -0.584. The SMILES string of the molecule is CCCCCCCCCCCOC(=O)CCCCC(=O)[I+]Cc1sc2c(c1C(=O)OCCCN(C)C)CCN(C(=O)CCCCC(=O)OCCCCCCCCCCC)C2. The lowest BCUT2D eigenvalue weighted by Crippen LogP contribution is -3.64. The van der Waals surface area contributed by atoms with Crippen molar-refractivity contribution < 1.29 is 59.4 Å². The highest BCUT2D eigenvalue weighted by molar-refractivity contribution is 7.12. The summed E-state index contributed by atoms with van der Waals surface area (Å²) in [6.45, 7) is 7.55. The van der Waals surface area contributed by atoms with Gasteiger partial charge in [-0.05, 0) is 71.0 Å². The zero-order valence-electron chi connectivity index (χ0n) is 38.2. The molecular weight excluding hydrogens is 892 g/mol. The van der Waals surface area contributed by atoms with Crippen molar-refractivity contribution in [3.63, 3.8) is 0 Å². The van der Waals surface area contributed by atoms with Crippen LogP contribution in [0, 0.1) is 0 Å². The van der Waals surface area contributed by atoms with E-state index in [2.05, 4.69) is 18.7 Å². The Morgan fingerprint density at radius 3 is 1.62 bits per heavy atom. The van der Waals surface area contributed by atoms with Gasteiger partial charge in [0.1, 0.15) is 0 Å². The third kappa shape index (κ3) is 25.8. The highest BCUT2D eigenvalue weighted by atomic mass is 127. The van der Waals surface area contributed by atoms with E-state index in [0.29, 0.717) is 101 Å². The monoisotopic (exact) mass is 973 g/mol. The minimum Gasteiger partial charge on any atom is -0.466 e. The quantitative estimate of drug-likeness (QED) is 0.0162. The second kappa shape index (κ2) is 35.4. The summed E-state index contributed by atoms with van der Waals surface area (Å²) in [5.74, 6) is -0.635. The number of alkyl halides is 1. The number of hydrogen-bond acceptors (Lipinski definition) is 10. The van der Waals surface area contributed by atoms with Crippen molar-refractivity contribution in [1.29, 1.82) is 0 Å². The van der Waals surface area contributed by atoms with Crippen molar-refractivity contribution in [2.45, 2.75) is 205 Å². The first kappa shape index (κ1) is 54.1. The van der Waals surface area contributed by atoms with Gasteiger partial charge in [0.15, 0.2) is 4.43 Å². The number of thiophene rings is 1. The summed E-state index contributed by atoms with van der Waals surface area (Å²) < 4.78 is 17.4. The molecule has 0 N–H and O–H groups in total. The van der Waals surface area contributed by atoms with Crippen LogP contribution in [0.15, 0.2) is 0 Å². The molecule has 0 atom stereocenters. The van der Waals surface area contributed by atoms with Crippen molar-refractivity contribution in [3.05, 3.63) is 20.9 Å². The molecule has 344 valence electrons. The van der Waals surface area contributed by atoms with E-state index >= 15 is 0 Å². The van der Waals surface area contributed by atoms with Gasteiger partial charge in [-0.25, -0.2) is 9.59 Å². The number of hydrogen-bond donors (Lipinski definition) is 0. The molecule has 0 fully saturated rings. The van der Waals surface area contributed by atoms with Crippen LogP contribution in [-0.4, -0.2) is 84.4 Å². The van der Waals surface area contributed by atoms with Gasteiger partial charge < -0.3 is 24.0 Å².